The summed E-state index contributed by atoms with van der Waals surface area (Å²) in [4.78, 5) is 18.2. The van der Waals surface area contributed by atoms with Crippen molar-refractivity contribution in [2.75, 3.05) is 18.8 Å². The Kier molecular flexibility index (Phi) is 4.28. The second-order valence-electron chi connectivity index (χ2n) is 4.26. The van der Waals surface area contributed by atoms with Gasteiger partial charge in [0.15, 0.2) is 0 Å². The number of imidazole rings is 1. The summed E-state index contributed by atoms with van der Waals surface area (Å²) in [6, 6.07) is 5.91. The summed E-state index contributed by atoms with van der Waals surface area (Å²) in [5.74, 6) is 0.451. The molecule has 1 heterocycles. The maximum absolute atomic E-state index is 12.2. The number of fused-ring (bicyclic) bond motifs is 1. The van der Waals surface area contributed by atoms with Crippen LogP contribution >= 0.6 is 22.6 Å². The van der Waals surface area contributed by atoms with Crippen LogP contribution in [-0.2, 0) is 11.3 Å². The fourth-order valence-corrected chi connectivity index (χ4v) is 2.57. The van der Waals surface area contributed by atoms with E-state index >= 15 is 0 Å². The number of hydrogen-bond donors (Lipinski definition) is 1. The van der Waals surface area contributed by atoms with Crippen LogP contribution in [0.3, 0.4) is 0 Å². The number of hydrogen-bond acceptors (Lipinski definition) is 3. The molecule has 0 spiro atoms. The molecule has 0 atom stereocenters. The van der Waals surface area contributed by atoms with Crippen molar-refractivity contribution in [2.45, 2.75) is 20.4 Å². The molecular weight excluding hydrogens is 355 g/mol. The van der Waals surface area contributed by atoms with Crippen molar-refractivity contribution in [1.29, 1.82) is 0 Å². The second-order valence-corrected chi connectivity index (χ2v) is 5.50. The van der Waals surface area contributed by atoms with Gasteiger partial charge in [0.05, 0.1) is 11.0 Å². The molecule has 102 valence electrons. The van der Waals surface area contributed by atoms with E-state index in [-0.39, 0.29) is 12.5 Å². The van der Waals surface area contributed by atoms with Crippen molar-refractivity contribution in [1.82, 2.24) is 14.5 Å². The molecular formula is C13H17IN4O. The summed E-state index contributed by atoms with van der Waals surface area (Å²) in [6.07, 6.45) is 0. The average Bonchev–Trinajstić information content (AvgIpc) is 2.66. The van der Waals surface area contributed by atoms with Crippen LogP contribution in [0, 0.1) is 3.57 Å². The zero-order valence-electron chi connectivity index (χ0n) is 11.1. The Morgan fingerprint density at radius 1 is 1.42 bits per heavy atom. The zero-order chi connectivity index (χ0) is 14.0. The van der Waals surface area contributed by atoms with Gasteiger partial charge in [0, 0.05) is 16.7 Å². The van der Waals surface area contributed by atoms with Crippen LogP contribution < -0.4 is 5.73 Å². The van der Waals surface area contributed by atoms with Gasteiger partial charge in [-0.1, -0.05) is 0 Å². The van der Waals surface area contributed by atoms with Gasteiger partial charge in [-0.05, 0) is 54.6 Å². The van der Waals surface area contributed by atoms with Crippen LogP contribution in [0.2, 0.25) is 0 Å². The summed E-state index contributed by atoms with van der Waals surface area (Å²) in [5, 5.41) is 0. The number of nitrogens with two attached hydrogens (primary N) is 1. The van der Waals surface area contributed by atoms with Gasteiger partial charge in [0.25, 0.3) is 0 Å². The van der Waals surface area contributed by atoms with E-state index in [0.717, 1.165) is 14.6 Å². The van der Waals surface area contributed by atoms with Crippen molar-refractivity contribution in [3.63, 3.8) is 0 Å². The first-order chi connectivity index (χ1) is 9.06. The van der Waals surface area contributed by atoms with Gasteiger partial charge in [0.2, 0.25) is 11.9 Å². The number of anilines is 1. The lowest BCUT2D eigenvalue weighted by Crippen LogP contribution is -2.33. The predicted octanol–water partition coefficient (Wildman–Crippen LogP) is 2.09. The highest BCUT2D eigenvalue weighted by atomic mass is 127. The molecule has 0 fully saturated rings. The number of benzene rings is 1. The minimum atomic E-state index is 0.0644. The zero-order valence-corrected chi connectivity index (χ0v) is 13.2. The van der Waals surface area contributed by atoms with Crippen molar-refractivity contribution < 1.29 is 4.79 Å². The number of carbonyl (C=O) groups excluding carboxylic acids is 1. The number of likely N-dealkylation sites (N-methyl/N-ethyl adjacent to an activating group) is 1. The number of rotatable bonds is 4. The lowest BCUT2D eigenvalue weighted by Gasteiger charge is -2.19. The fraction of sp³-hybridized carbons (Fsp3) is 0.385. The van der Waals surface area contributed by atoms with Crippen molar-refractivity contribution in [3.8, 4) is 0 Å². The normalized spacial score (nSPS) is 10.9. The van der Waals surface area contributed by atoms with E-state index in [9.17, 15) is 4.79 Å². The van der Waals surface area contributed by atoms with E-state index in [1.54, 1.807) is 9.47 Å². The summed E-state index contributed by atoms with van der Waals surface area (Å²) in [7, 11) is 0. The summed E-state index contributed by atoms with van der Waals surface area (Å²) in [6.45, 7) is 5.60. The number of nitrogens with zero attached hydrogens (tertiary/aromatic N) is 3. The van der Waals surface area contributed by atoms with E-state index in [1.165, 1.54) is 0 Å². The molecule has 6 heteroatoms. The minimum absolute atomic E-state index is 0.0644. The molecule has 5 nitrogen and oxygen atoms in total. The highest BCUT2D eigenvalue weighted by Gasteiger charge is 2.15. The number of amides is 1. The summed E-state index contributed by atoms with van der Waals surface area (Å²) >= 11 is 2.23. The van der Waals surface area contributed by atoms with Crippen LogP contribution in [0.4, 0.5) is 5.95 Å². The first-order valence-electron chi connectivity index (χ1n) is 6.25. The van der Waals surface area contributed by atoms with Gasteiger partial charge >= 0.3 is 0 Å². The quantitative estimate of drug-likeness (QED) is 0.836. The molecule has 0 saturated heterocycles. The van der Waals surface area contributed by atoms with Gasteiger partial charge in [-0.3, -0.25) is 4.79 Å². The molecule has 2 rings (SSSR count). The van der Waals surface area contributed by atoms with Crippen molar-refractivity contribution >= 4 is 45.5 Å². The van der Waals surface area contributed by atoms with Crippen LogP contribution in [0.15, 0.2) is 18.2 Å². The molecule has 0 aliphatic rings. The number of carbonyl (C=O) groups is 1. The van der Waals surface area contributed by atoms with Crippen LogP contribution in [0.25, 0.3) is 11.0 Å². The van der Waals surface area contributed by atoms with Crippen molar-refractivity contribution in [3.05, 3.63) is 21.8 Å². The number of aromatic nitrogens is 2. The first-order valence-corrected chi connectivity index (χ1v) is 7.33. The Bertz CT molecular complexity index is 604. The largest absolute Gasteiger partial charge is 0.369 e. The molecule has 0 saturated carbocycles. The molecule has 0 aliphatic heterocycles. The third-order valence-electron chi connectivity index (χ3n) is 3.15. The smallest absolute Gasteiger partial charge is 0.242 e. The Morgan fingerprint density at radius 2 is 2.11 bits per heavy atom. The average molecular weight is 372 g/mol. The molecule has 2 aromatic rings. The maximum Gasteiger partial charge on any atom is 0.242 e. The highest BCUT2D eigenvalue weighted by molar-refractivity contribution is 14.1. The Hall–Kier alpha value is -1.31. The van der Waals surface area contributed by atoms with Gasteiger partial charge in [-0.2, -0.15) is 0 Å². The fourth-order valence-electron chi connectivity index (χ4n) is 2.10. The molecule has 2 N–H and O–H groups in total. The van der Waals surface area contributed by atoms with E-state index in [1.807, 2.05) is 32.0 Å². The number of halogens is 1. The highest BCUT2D eigenvalue weighted by Crippen LogP contribution is 2.20. The van der Waals surface area contributed by atoms with E-state index in [4.69, 9.17) is 5.73 Å². The maximum atomic E-state index is 12.2. The Balaban J connectivity index is 2.35. The summed E-state index contributed by atoms with van der Waals surface area (Å²) in [5.41, 5.74) is 7.65. The Labute approximate surface area is 125 Å². The molecule has 0 aliphatic carbocycles. The molecule has 1 aromatic heterocycles. The van der Waals surface area contributed by atoms with Crippen LogP contribution in [-0.4, -0.2) is 33.4 Å². The van der Waals surface area contributed by atoms with Crippen molar-refractivity contribution in [2.24, 2.45) is 0 Å². The summed E-state index contributed by atoms with van der Waals surface area (Å²) < 4.78 is 2.87. The van der Waals surface area contributed by atoms with Gasteiger partial charge in [0.1, 0.15) is 6.54 Å². The van der Waals surface area contributed by atoms with Crippen LogP contribution in [0.5, 0.6) is 0 Å². The molecule has 0 bridgehead atoms. The monoisotopic (exact) mass is 372 g/mol. The minimum Gasteiger partial charge on any atom is -0.369 e. The molecule has 0 unspecified atom stereocenters. The molecule has 0 radical (unpaired) electrons. The van der Waals surface area contributed by atoms with Crippen LogP contribution in [0.1, 0.15) is 13.8 Å². The van der Waals surface area contributed by atoms with Gasteiger partial charge in [-0.15, -0.1) is 0 Å². The van der Waals surface area contributed by atoms with E-state index in [2.05, 4.69) is 27.6 Å². The van der Waals surface area contributed by atoms with Gasteiger partial charge in [-0.25, -0.2) is 4.98 Å². The third kappa shape index (κ3) is 2.83. The lowest BCUT2D eigenvalue weighted by molar-refractivity contribution is -0.131. The van der Waals surface area contributed by atoms with E-state index < -0.39 is 0 Å². The SMILES string of the molecule is CCN(CC)C(=O)Cn1c(N)nc2cc(I)ccc21. The second kappa shape index (κ2) is 5.77. The molecule has 1 amide bonds. The Morgan fingerprint density at radius 3 is 2.74 bits per heavy atom. The third-order valence-corrected chi connectivity index (χ3v) is 3.82. The standard InChI is InChI=1S/C13H17IN4O/c1-3-17(4-2)12(19)8-18-11-6-5-9(14)7-10(11)16-13(18)15/h5-7H,3-4,8H2,1-2H3,(H2,15,16). The predicted molar refractivity (Wildman–Crippen MR) is 84.8 cm³/mol. The van der Waals surface area contributed by atoms with E-state index in [0.29, 0.717) is 19.0 Å². The topological polar surface area (TPSA) is 64.2 Å². The molecule has 1 aromatic carbocycles. The first kappa shape index (κ1) is 14.1. The van der Waals surface area contributed by atoms with Gasteiger partial charge < -0.3 is 15.2 Å². The molecule has 19 heavy (non-hydrogen) atoms. The lowest BCUT2D eigenvalue weighted by atomic mass is 10.3. The number of nitrogen functional groups attached to an aromatic ring is 1.